The number of nitrogens with zero attached hydrogens (tertiary/aromatic N) is 3. The Balaban J connectivity index is 3.16. The zero-order valence-electron chi connectivity index (χ0n) is 12.6. The number of rotatable bonds is 8. The molecule has 0 radical (unpaired) electrons. The van der Waals surface area contributed by atoms with E-state index in [4.69, 9.17) is 0 Å². The molecule has 0 heterocycles. The molecule has 0 saturated carbocycles. The van der Waals surface area contributed by atoms with Crippen LogP contribution in [-0.4, -0.2) is 54.6 Å². The lowest BCUT2D eigenvalue weighted by molar-refractivity contribution is -0.384. The molecule has 0 aliphatic heterocycles. The van der Waals surface area contributed by atoms with Crippen LogP contribution in [0.4, 0.5) is 11.4 Å². The minimum absolute atomic E-state index is 0.0316. The van der Waals surface area contributed by atoms with Gasteiger partial charge in [0.2, 0.25) is 0 Å². The third-order valence-corrected chi connectivity index (χ3v) is 3.17. The fourth-order valence-corrected chi connectivity index (χ4v) is 2.19. The first kappa shape index (κ1) is 16.9. The van der Waals surface area contributed by atoms with E-state index in [9.17, 15) is 20.0 Å². The summed E-state index contributed by atoms with van der Waals surface area (Å²) in [6.45, 7) is 3.77. The van der Waals surface area contributed by atoms with E-state index in [-0.39, 0.29) is 16.9 Å². The van der Waals surface area contributed by atoms with Crippen LogP contribution in [-0.2, 0) is 0 Å². The zero-order chi connectivity index (χ0) is 16.0. The quantitative estimate of drug-likeness (QED) is 0.583. The second-order valence-corrected chi connectivity index (χ2v) is 4.97. The molecule has 0 aromatic heterocycles. The Morgan fingerprint density at radius 3 is 2.48 bits per heavy atom. The monoisotopic (exact) mass is 295 g/mol. The number of aromatic carboxylic acids is 1. The molecule has 116 valence electrons. The van der Waals surface area contributed by atoms with Crippen molar-refractivity contribution in [3.63, 3.8) is 0 Å². The molecule has 0 unspecified atom stereocenters. The van der Waals surface area contributed by atoms with Gasteiger partial charge in [0.05, 0.1) is 10.5 Å². The Bertz CT molecular complexity index is 485. The number of carboxylic acids is 1. The number of benzene rings is 1. The topological polar surface area (TPSA) is 86.9 Å². The Labute approximate surface area is 123 Å². The van der Waals surface area contributed by atoms with Crippen molar-refractivity contribution >= 4 is 17.3 Å². The molecule has 1 aromatic rings. The van der Waals surface area contributed by atoms with Crippen molar-refractivity contribution in [2.24, 2.45) is 0 Å². The second kappa shape index (κ2) is 7.58. The molecule has 7 nitrogen and oxygen atoms in total. The molecule has 1 rings (SSSR count). The lowest BCUT2D eigenvalue weighted by atomic mass is 10.1. The smallest absolute Gasteiger partial charge is 0.338 e. The van der Waals surface area contributed by atoms with Crippen LogP contribution >= 0.6 is 0 Å². The van der Waals surface area contributed by atoms with Crippen LogP contribution in [0, 0.1) is 10.1 Å². The Hall–Kier alpha value is -2.15. The molecule has 21 heavy (non-hydrogen) atoms. The zero-order valence-corrected chi connectivity index (χ0v) is 12.6. The highest BCUT2D eigenvalue weighted by Gasteiger charge is 2.25. The van der Waals surface area contributed by atoms with Gasteiger partial charge in [-0.2, -0.15) is 0 Å². The molecular formula is C14H21N3O4. The van der Waals surface area contributed by atoms with E-state index in [0.717, 1.165) is 13.0 Å². The van der Waals surface area contributed by atoms with E-state index in [2.05, 4.69) is 0 Å². The van der Waals surface area contributed by atoms with Crippen molar-refractivity contribution in [3.05, 3.63) is 33.9 Å². The summed E-state index contributed by atoms with van der Waals surface area (Å²) in [6.07, 6.45) is 0.798. The number of nitro groups is 1. The van der Waals surface area contributed by atoms with Crippen molar-refractivity contribution in [1.29, 1.82) is 0 Å². The first-order valence-corrected chi connectivity index (χ1v) is 6.78. The van der Waals surface area contributed by atoms with Gasteiger partial charge in [0.25, 0.3) is 5.69 Å². The van der Waals surface area contributed by atoms with Crippen molar-refractivity contribution in [2.45, 2.75) is 13.3 Å². The van der Waals surface area contributed by atoms with E-state index < -0.39 is 10.9 Å². The number of carboxylic acid groups (broad SMARTS) is 1. The van der Waals surface area contributed by atoms with E-state index in [1.165, 1.54) is 18.2 Å². The Morgan fingerprint density at radius 2 is 2.00 bits per heavy atom. The normalized spacial score (nSPS) is 10.7. The molecule has 0 saturated heterocycles. The highest BCUT2D eigenvalue weighted by molar-refractivity contribution is 5.97. The van der Waals surface area contributed by atoms with Crippen LogP contribution in [0.25, 0.3) is 0 Å². The summed E-state index contributed by atoms with van der Waals surface area (Å²) < 4.78 is 0. The van der Waals surface area contributed by atoms with Crippen LogP contribution in [0.1, 0.15) is 23.7 Å². The number of hydrogen-bond acceptors (Lipinski definition) is 5. The maximum Gasteiger partial charge on any atom is 0.338 e. The van der Waals surface area contributed by atoms with Crippen LogP contribution in [0.15, 0.2) is 18.2 Å². The summed E-state index contributed by atoms with van der Waals surface area (Å²) in [5.74, 6) is -1.15. The fraction of sp³-hybridized carbons (Fsp3) is 0.500. The predicted molar refractivity (Wildman–Crippen MR) is 81.1 cm³/mol. The molecule has 1 N–H and O–H groups in total. The molecule has 0 aliphatic carbocycles. The first-order valence-electron chi connectivity index (χ1n) is 6.78. The van der Waals surface area contributed by atoms with E-state index in [1.54, 1.807) is 4.90 Å². The fourth-order valence-electron chi connectivity index (χ4n) is 2.19. The third kappa shape index (κ3) is 4.42. The molecule has 0 fully saturated rings. The van der Waals surface area contributed by atoms with Crippen molar-refractivity contribution in [3.8, 4) is 0 Å². The van der Waals surface area contributed by atoms with Gasteiger partial charge < -0.3 is 14.9 Å². The lowest BCUT2D eigenvalue weighted by Crippen LogP contribution is -2.29. The summed E-state index contributed by atoms with van der Waals surface area (Å²) >= 11 is 0. The van der Waals surface area contributed by atoms with E-state index in [0.29, 0.717) is 13.1 Å². The Morgan fingerprint density at radius 1 is 1.33 bits per heavy atom. The van der Waals surface area contributed by atoms with Crippen molar-refractivity contribution in [1.82, 2.24) is 4.90 Å². The van der Waals surface area contributed by atoms with Gasteiger partial charge in [-0.15, -0.1) is 0 Å². The molecule has 0 atom stereocenters. The SMILES string of the molecule is CCN(CCCN(C)C)c1c(C(=O)O)cccc1[N+](=O)[O-]. The number of nitro benzene ring substituents is 1. The van der Waals surface area contributed by atoms with Gasteiger partial charge in [0.1, 0.15) is 5.69 Å². The molecule has 0 amide bonds. The first-order chi connectivity index (χ1) is 9.88. The van der Waals surface area contributed by atoms with Crippen LogP contribution in [0.3, 0.4) is 0 Å². The van der Waals surface area contributed by atoms with Gasteiger partial charge in [-0.1, -0.05) is 6.07 Å². The molecule has 0 aliphatic rings. The molecule has 0 spiro atoms. The summed E-state index contributed by atoms with van der Waals surface area (Å²) in [5.41, 5.74) is -0.00578. The van der Waals surface area contributed by atoms with Crippen LogP contribution in [0.2, 0.25) is 0 Å². The summed E-state index contributed by atoms with van der Waals surface area (Å²) in [4.78, 5) is 25.8. The number of anilines is 1. The van der Waals surface area contributed by atoms with Gasteiger partial charge in [-0.3, -0.25) is 10.1 Å². The minimum Gasteiger partial charge on any atom is -0.478 e. The largest absolute Gasteiger partial charge is 0.478 e. The number of hydrogen-bond donors (Lipinski definition) is 1. The molecular weight excluding hydrogens is 274 g/mol. The summed E-state index contributed by atoms with van der Waals surface area (Å²) in [7, 11) is 3.90. The van der Waals surface area contributed by atoms with Gasteiger partial charge >= 0.3 is 5.97 Å². The standard InChI is InChI=1S/C14H21N3O4/c1-4-16(10-6-9-15(2)3)13-11(14(18)19)7-5-8-12(13)17(20)21/h5,7-8H,4,6,9-10H2,1-3H3,(H,18,19). The average molecular weight is 295 g/mol. The summed E-state index contributed by atoms with van der Waals surface area (Å²) in [5, 5.41) is 20.4. The minimum atomic E-state index is -1.15. The van der Waals surface area contributed by atoms with Gasteiger partial charge in [-0.25, -0.2) is 4.79 Å². The predicted octanol–water partition coefficient (Wildman–Crippen LogP) is 2.07. The highest BCUT2D eigenvalue weighted by atomic mass is 16.6. The molecule has 1 aromatic carbocycles. The van der Waals surface area contributed by atoms with Crippen LogP contribution in [0.5, 0.6) is 0 Å². The summed E-state index contributed by atoms with van der Waals surface area (Å²) in [6, 6.07) is 4.15. The number of para-hydroxylation sites is 1. The van der Waals surface area contributed by atoms with Gasteiger partial charge in [0.15, 0.2) is 0 Å². The van der Waals surface area contributed by atoms with Crippen molar-refractivity contribution in [2.75, 3.05) is 38.6 Å². The average Bonchev–Trinajstić information content (AvgIpc) is 2.42. The maximum atomic E-state index is 11.3. The third-order valence-electron chi connectivity index (χ3n) is 3.17. The van der Waals surface area contributed by atoms with Crippen molar-refractivity contribution < 1.29 is 14.8 Å². The van der Waals surface area contributed by atoms with Gasteiger partial charge in [-0.05, 0) is 40.1 Å². The molecule has 7 heteroatoms. The second-order valence-electron chi connectivity index (χ2n) is 4.97. The van der Waals surface area contributed by atoms with Gasteiger partial charge in [0, 0.05) is 19.2 Å². The van der Waals surface area contributed by atoms with Crippen LogP contribution < -0.4 is 4.90 Å². The molecule has 0 bridgehead atoms. The lowest BCUT2D eigenvalue weighted by Gasteiger charge is -2.25. The van der Waals surface area contributed by atoms with E-state index in [1.807, 2.05) is 25.9 Å². The number of carbonyl (C=O) groups is 1. The Kier molecular flexibility index (Phi) is 6.10. The maximum absolute atomic E-state index is 11.3. The highest BCUT2D eigenvalue weighted by Crippen LogP contribution is 2.32. The van der Waals surface area contributed by atoms with E-state index >= 15 is 0 Å².